The molecule has 1 aliphatic heterocycles. The van der Waals surface area contributed by atoms with Gasteiger partial charge in [0.2, 0.25) is 0 Å². The number of aryl methyl sites for hydroxylation is 1. The number of hydrogen-bond acceptors (Lipinski definition) is 4. The van der Waals surface area contributed by atoms with Crippen molar-refractivity contribution >= 4 is 28.3 Å². The van der Waals surface area contributed by atoms with Crippen LogP contribution in [0.3, 0.4) is 0 Å². The van der Waals surface area contributed by atoms with Crippen LogP contribution in [0.2, 0.25) is 0 Å². The molecule has 3 N–H and O–H groups in total. The first kappa shape index (κ1) is 14.8. The van der Waals surface area contributed by atoms with Gasteiger partial charge in [-0.2, -0.15) is 0 Å². The van der Waals surface area contributed by atoms with Crippen LogP contribution in [0, 0.1) is 13.8 Å². The number of carboxylic acid groups (broad SMARTS) is 1. The van der Waals surface area contributed by atoms with Crippen LogP contribution in [0.25, 0.3) is 0 Å². The smallest absolute Gasteiger partial charge is 0.338 e. The molecule has 0 saturated carbocycles. The zero-order valence-corrected chi connectivity index (χ0v) is 12.3. The van der Waals surface area contributed by atoms with E-state index in [1.807, 2.05) is 6.92 Å². The molecule has 1 aliphatic rings. The number of likely N-dealkylation sites (tertiary alicyclic amines) is 1. The van der Waals surface area contributed by atoms with Crippen LogP contribution in [-0.2, 0) is 0 Å². The van der Waals surface area contributed by atoms with Gasteiger partial charge in [-0.05, 0) is 32.3 Å². The molecule has 2 rings (SSSR count). The Labute approximate surface area is 121 Å². The maximum Gasteiger partial charge on any atom is 0.338 e. The second-order valence-electron chi connectivity index (χ2n) is 4.96. The van der Waals surface area contributed by atoms with E-state index in [0.29, 0.717) is 23.5 Å². The lowest BCUT2D eigenvalue weighted by molar-refractivity contribution is 0.0697. The number of hydrogen-bond donors (Lipinski definition) is 3. The molecule has 0 radical (unpaired) electrons. The number of piperidine rings is 1. The van der Waals surface area contributed by atoms with Gasteiger partial charge in [0.05, 0.1) is 11.7 Å². The Balaban J connectivity index is 2.15. The lowest BCUT2D eigenvalue weighted by Crippen LogP contribution is -2.44. The number of carbonyl (C=O) groups excluding carboxylic acids is 1. The molecule has 0 spiro atoms. The molecule has 1 atom stereocenters. The first-order valence-electron chi connectivity index (χ1n) is 6.47. The van der Waals surface area contributed by atoms with Crippen LogP contribution in [-0.4, -0.2) is 46.3 Å². The van der Waals surface area contributed by atoms with Crippen molar-refractivity contribution in [3.8, 4) is 0 Å². The predicted octanol–water partition coefficient (Wildman–Crippen LogP) is 2.05. The number of carbonyl (C=O) groups is 2. The van der Waals surface area contributed by atoms with E-state index in [0.717, 1.165) is 11.3 Å². The number of aliphatic hydroxyl groups is 1. The molecule has 0 aliphatic carbocycles. The normalized spacial score (nSPS) is 18.9. The predicted molar refractivity (Wildman–Crippen MR) is 76.6 cm³/mol. The zero-order chi connectivity index (χ0) is 14.9. The Morgan fingerprint density at radius 3 is 2.70 bits per heavy atom. The van der Waals surface area contributed by atoms with Gasteiger partial charge >= 0.3 is 12.0 Å². The third-order valence-electron chi connectivity index (χ3n) is 3.50. The van der Waals surface area contributed by atoms with E-state index in [9.17, 15) is 19.8 Å². The molecular formula is C13H18N2O4S. The molecule has 7 heteroatoms. The SMILES string of the molecule is Cc1sc(NC(=O)N2CCC[C@H](O)C2)c(C(=O)O)c1C. The molecule has 1 aromatic rings. The molecule has 0 aromatic carbocycles. The zero-order valence-electron chi connectivity index (χ0n) is 11.5. The van der Waals surface area contributed by atoms with Gasteiger partial charge in [0, 0.05) is 18.0 Å². The minimum Gasteiger partial charge on any atom is -0.478 e. The molecular weight excluding hydrogens is 280 g/mol. The number of aromatic carboxylic acids is 1. The van der Waals surface area contributed by atoms with Gasteiger partial charge in [0.15, 0.2) is 0 Å². The summed E-state index contributed by atoms with van der Waals surface area (Å²) in [7, 11) is 0. The first-order valence-corrected chi connectivity index (χ1v) is 7.29. The molecule has 1 fully saturated rings. The fourth-order valence-electron chi connectivity index (χ4n) is 2.29. The fraction of sp³-hybridized carbons (Fsp3) is 0.538. The Hall–Kier alpha value is -1.60. The lowest BCUT2D eigenvalue weighted by atomic mass is 10.1. The average molecular weight is 298 g/mol. The van der Waals surface area contributed by atoms with Crippen molar-refractivity contribution in [1.82, 2.24) is 4.90 Å². The number of nitrogens with one attached hydrogen (secondary N) is 1. The highest BCUT2D eigenvalue weighted by Crippen LogP contribution is 2.32. The standard InChI is InChI=1S/C13H18N2O4S/c1-7-8(2)20-11(10(7)12(17)18)14-13(19)15-5-3-4-9(16)6-15/h9,16H,3-6H2,1-2H3,(H,14,19)(H,17,18)/t9-/m0/s1. The summed E-state index contributed by atoms with van der Waals surface area (Å²) < 4.78 is 0. The van der Waals surface area contributed by atoms with Crippen LogP contribution >= 0.6 is 11.3 Å². The number of rotatable bonds is 2. The van der Waals surface area contributed by atoms with E-state index in [1.54, 1.807) is 6.92 Å². The van der Waals surface area contributed by atoms with Gasteiger partial charge in [-0.25, -0.2) is 9.59 Å². The van der Waals surface area contributed by atoms with Crippen LogP contribution in [0.1, 0.15) is 33.6 Å². The van der Waals surface area contributed by atoms with Gasteiger partial charge in [-0.15, -0.1) is 11.3 Å². The van der Waals surface area contributed by atoms with E-state index in [-0.39, 0.29) is 18.1 Å². The van der Waals surface area contributed by atoms with Gasteiger partial charge in [-0.3, -0.25) is 5.32 Å². The van der Waals surface area contributed by atoms with Gasteiger partial charge in [-0.1, -0.05) is 0 Å². The summed E-state index contributed by atoms with van der Waals surface area (Å²) in [5.74, 6) is -1.04. The number of nitrogens with zero attached hydrogens (tertiary/aromatic N) is 1. The molecule has 6 nitrogen and oxygen atoms in total. The molecule has 0 bridgehead atoms. The quantitative estimate of drug-likeness (QED) is 0.779. The van der Waals surface area contributed by atoms with Crippen LogP contribution < -0.4 is 5.32 Å². The number of anilines is 1. The van der Waals surface area contributed by atoms with Crippen molar-refractivity contribution < 1.29 is 19.8 Å². The highest BCUT2D eigenvalue weighted by atomic mass is 32.1. The first-order chi connectivity index (χ1) is 9.40. The maximum absolute atomic E-state index is 12.1. The molecule has 1 saturated heterocycles. The van der Waals surface area contributed by atoms with Gasteiger partial charge in [0.25, 0.3) is 0 Å². The fourth-order valence-corrected chi connectivity index (χ4v) is 3.33. The Bertz CT molecular complexity index is 541. The number of aliphatic hydroxyl groups excluding tert-OH is 1. The van der Waals surface area contributed by atoms with Crippen molar-refractivity contribution in [3.05, 3.63) is 16.0 Å². The van der Waals surface area contributed by atoms with Gasteiger partial charge in [0.1, 0.15) is 5.00 Å². The monoisotopic (exact) mass is 298 g/mol. The second kappa shape index (κ2) is 5.80. The Kier molecular flexibility index (Phi) is 4.29. The van der Waals surface area contributed by atoms with Crippen LogP contribution in [0.5, 0.6) is 0 Å². The molecule has 110 valence electrons. The summed E-state index contributed by atoms with van der Waals surface area (Å²) in [6.45, 7) is 4.43. The second-order valence-corrected chi connectivity index (χ2v) is 6.19. The summed E-state index contributed by atoms with van der Waals surface area (Å²) >= 11 is 1.26. The summed E-state index contributed by atoms with van der Waals surface area (Å²) in [6, 6.07) is -0.354. The number of thiophene rings is 1. The summed E-state index contributed by atoms with van der Waals surface area (Å²) in [5, 5.41) is 21.8. The number of amides is 2. The topological polar surface area (TPSA) is 89.9 Å². The largest absolute Gasteiger partial charge is 0.478 e. The van der Waals surface area contributed by atoms with Gasteiger partial charge < -0.3 is 15.1 Å². The van der Waals surface area contributed by atoms with Crippen molar-refractivity contribution in [2.24, 2.45) is 0 Å². The molecule has 1 aromatic heterocycles. The summed E-state index contributed by atoms with van der Waals surface area (Å²) in [4.78, 5) is 25.8. The number of carboxylic acids is 1. The lowest BCUT2D eigenvalue weighted by Gasteiger charge is -2.29. The van der Waals surface area contributed by atoms with E-state index in [4.69, 9.17) is 0 Å². The third-order valence-corrected chi connectivity index (χ3v) is 4.63. The van der Waals surface area contributed by atoms with Crippen LogP contribution in [0.15, 0.2) is 0 Å². The van der Waals surface area contributed by atoms with E-state index >= 15 is 0 Å². The highest BCUT2D eigenvalue weighted by Gasteiger charge is 2.25. The van der Waals surface area contributed by atoms with Crippen molar-refractivity contribution in [2.45, 2.75) is 32.8 Å². The number of β-amino-alcohol motifs (C(OH)–C–C–N with tert-alkyl or cyclic N) is 1. The maximum atomic E-state index is 12.1. The third kappa shape index (κ3) is 2.94. The average Bonchev–Trinajstić information content (AvgIpc) is 2.64. The van der Waals surface area contributed by atoms with E-state index in [1.165, 1.54) is 16.2 Å². The summed E-state index contributed by atoms with van der Waals surface area (Å²) in [6.07, 6.45) is 0.949. The highest BCUT2D eigenvalue weighted by molar-refractivity contribution is 7.16. The molecule has 2 heterocycles. The van der Waals surface area contributed by atoms with E-state index in [2.05, 4.69) is 5.32 Å². The van der Waals surface area contributed by atoms with Crippen molar-refractivity contribution in [2.75, 3.05) is 18.4 Å². The van der Waals surface area contributed by atoms with Crippen molar-refractivity contribution in [1.29, 1.82) is 0 Å². The minimum absolute atomic E-state index is 0.151. The Morgan fingerprint density at radius 1 is 1.40 bits per heavy atom. The van der Waals surface area contributed by atoms with Crippen LogP contribution in [0.4, 0.5) is 9.80 Å². The summed E-state index contributed by atoms with van der Waals surface area (Å²) in [5.41, 5.74) is 0.829. The Morgan fingerprint density at radius 2 is 2.10 bits per heavy atom. The van der Waals surface area contributed by atoms with E-state index < -0.39 is 12.1 Å². The minimum atomic E-state index is -1.04. The molecule has 20 heavy (non-hydrogen) atoms. The molecule has 2 amide bonds. The number of urea groups is 1. The van der Waals surface area contributed by atoms with Crippen molar-refractivity contribution in [3.63, 3.8) is 0 Å². The molecule has 0 unspecified atom stereocenters.